The fraction of sp³-hybridized carbons (Fsp3) is 0.333. The Balaban J connectivity index is 1.93. The van der Waals surface area contributed by atoms with Gasteiger partial charge in [-0.15, -0.1) is 0 Å². The molecule has 10 nitrogen and oxygen atoms in total. The van der Waals surface area contributed by atoms with Crippen LogP contribution in [0.2, 0.25) is 0 Å². The van der Waals surface area contributed by atoms with Gasteiger partial charge in [-0.2, -0.15) is 0 Å². The number of imidazole rings is 1. The van der Waals surface area contributed by atoms with E-state index in [1.165, 1.54) is 43.8 Å². The smallest absolute Gasteiger partial charge is 0.332 e. The summed E-state index contributed by atoms with van der Waals surface area (Å²) in [6, 6.07) is 3.42. The highest BCUT2D eigenvalue weighted by Gasteiger charge is 2.17. The second kappa shape index (κ2) is 7.22. The topological polar surface area (TPSA) is 109 Å². The Bertz CT molecular complexity index is 1190. The molecule has 3 rings (SSSR count). The van der Waals surface area contributed by atoms with Gasteiger partial charge >= 0.3 is 5.69 Å². The molecule has 0 radical (unpaired) electrons. The minimum absolute atomic E-state index is 0.141. The van der Waals surface area contributed by atoms with Gasteiger partial charge in [0, 0.05) is 25.8 Å². The summed E-state index contributed by atoms with van der Waals surface area (Å²) in [5, 5.41) is 2.80. The van der Waals surface area contributed by atoms with Crippen LogP contribution in [0.5, 0.6) is 11.5 Å². The zero-order valence-electron chi connectivity index (χ0n) is 16.3. The van der Waals surface area contributed by atoms with Gasteiger partial charge in [0.2, 0.25) is 5.91 Å². The second-order valence-corrected chi connectivity index (χ2v) is 6.32. The SMILES string of the molecule is COc1cc(C)c(NC(=O)Cn2cnc3c2c(=O)n(C)c(=O)n3C)cc1OC. The normalized spacial score (nSPS) is 10.9. The van der Waals surface area contributed by atoms with E-state index in [0.29, 0.717) is 17.2 Å². The van der Waals surface area contributed by atoms with Crippen molar-refractivity contribution in [1.29, 1.82) is 0 Å². The van der Waals surface area contributed by atoms with E-state index in [-0.39, 0.29) is 23.6 Å². The maximum Gasteiger partial charge on any atom is 0.332 e. The molecule has 1 amide bonds. The van der Waals surface area contributed by atoms with E-state index < -0.39 is 11.2 Å². The first-order valence-electron chi connectivity index (χ1n) is 8.41. The van der Waals surface area contributed by atoms with Crippen molar-refractivity contribution in [1.82, 2.24) is 18.7 Å². The molecule has 3 aromatic rings. The van der Waals surface area contributed by atoms with Crippen LogP contribution in [0.1, 0.15) is 5.56 Å². The standard InChI is InChI=1S/C18H21N5O5/c1-10-6-12(27-4)13(28-5)7-11(10)20-14(24)8-23-9-19-16-15(23)17(25)22(3)18(26)21(16)2/h6-7,9H,8H2,1-5H3,(H,20,24). The summed E-state index contributed by atoms with van der Waals surface area (Å²) >= 11 is 0. The van der Waals surface area contributed by atoms with E-state index in [0.717, 1.165) is 10.1 Å². The van der Waals surface area contributed by atoms with Gasteiger partial charge in [-0.05, 0) is 18.6 Å². The monoisotopic (exact) mass is 387 g/mol. The number of hydrogen-bond acceptors (Lipinski definition) is 6. The molecule has 0 saturated heterocycles. The summed E-state index contributed by atoms with van der Waals surface area (Å²) in [4.78, 5) is 41.1. The average molecular weight is 387 g/mol. The highest BCUT2D eigenvalue weighted by atomic mass is 16.5. The van der Waals surface area contributed by atoms with Crippen LogP contribution in [0.3, 0.4) is 0 Å². The van der Waals surface area contributed by atoms with E-state index in [1.807, 2.05) is 6.92 Å². The first-order chi connectivity index (χ1) is 13.3. The minimum Gasteiger partial charge on any atom is -0.493 e. The van der Waals surface area contributed by atoms with Crippen LogP contribution in [-0.4, -0.2) is 38.8 Å². The van der Waals surface area contributed by atoms with Gasteiger partial charge in [-0.25, -0.2) is 9.78 Å². The van der Waals surface area contributed by atoms with E-state index in [4.69, 9.17) is 9.47 Å². The lowest BCUT2D eigenvalue weighted by Crippen LogP contribution is -2.37. The van der Waals surface area contributed by atoms with Gasteiger partial charge in [0.05, 0.1) is 20.5 Å². The number of nitrogens with one attached hydrogen (secondary N) is 1. The van der Waals surface area contributed by atoms with Gasteiger partial charge in [0.1, 0.15) is 6.54 Å². The summed E-state index contributed by atoms with van der Waals surface area (Å²) in [6.07, 6.45) is 1.37. The summed E-state index contributed by atoms with van der Waals surface area (Å²) in [7, 11) is 5.95. The Labute approximate surface area is 159 Å². The lowest BCUT2D eigenvalue weighted by molar-refractivity contribution is -0.116. The van der Waals surface area contributed by atoms with Gasteiger partial charge in [0.15, 0.2) is 22.7 Å². The molecule has 10 heteroatoms. The van der Waals surface area contributed by atoms with Crippen LogP contribution in [0.15, 0.2) is 28.0 Å². The number of aryl methyl sites for hydroxylation is 2. The molecular weight excluding hydrogens is 366 g/mol. The molecule has 2 aromatic heterocycles. The van der Waals surface area contributed by atoms with Crippen LogP contribution in [0.25, 0.3) is 11.2 Å². The zero-order valence-corrected chi connectivity index (χ0v) is 16.3. The highest BCUT2D eigenvalue weighted by molar-refractivity contribution is 5.92. The fourth-order valence-electron chi connectivity index (χ4n) is 2.98. The second-order valence-electron chi connectivity index (χ2n) is 6.32. The number of aromatic nitrogens is 4. The van der Waals surface area contributed by atoms with Crippen molar-refractivity contribution in [3.63, 3.8) is 0 Å². The molecule has 0 unspecified atom stereocenters. The van der Waals surface area contributed by atoms with Crippen molar-refractivity contribution in [2.45, 2.75) is 13.5 Å². The first kappa shape index (κ1) is 19.2. The third-order valence-electron chi connectivity index (χ3n) is 4.54. The average Bonchev–Trinajstić information content (AvgIpc) is 3.09. The Morgan fingerprint density at radius 1 is 1.11 bits per heavy atom. The summed E-state index contributed by atoms with van der Waals surface area (Å²) in [5.74, 6) is 0.689. The number of amides is 1. The van der Waals surface area contributed by atoms with Crippen LogP contribution in [0.4, 0.5) is 5.69 Å². The highest BCUT2D eigenvalue weighted by Crippen LogP contribution is 2.32. The quantitative estimate of drug-likeness (QED) is 0.679. The van der Waals surface area contributed by atoms with E-state index in [2.05, 4.69) is 10.3 Å². The Hall–Kier alpha value is -3.56. The Kier molecular flexibility index (Phi) is 4.95. The third-order valence-corrected chi connectivity index (χ3v) is 4.54. The van der Waals surface area contributed by atoms with Crippen LogP contribution in [-0.2, 0) is 25.4 Å². The van der Waals surface area contributed by atoms with Crippen molar-refractivity contribution in [2.75, 3.05) is 19.5 Å². The first-order valence-corrected chi connectivity index (χ1v) is 8.41. The molecule has 0 saturated carbocycles. The number of anilines is 1. The molecule has 1 N–H and O–H groups in total. The number of rotatable bonds is 5. The van der Waals surface area contributed by atoms with Crippen molar-refractivity contribution >= 4 is 22.8 Å². The molecule has 0 aliphatic carbocycles. The number of carbonyl (C=O) groups is 1. The number of fused-ring (bicyclic) bond motifs is 1. The molecule has 2 heterocycles. The molecule has 28 heavy (non-hydrogen) atoms. The molecule has 0 fully saturated rings. The van der Waals surface area contributed by atoms with E-state index in [9.17, 15) is 14.4 Å². The molecule has 0 aliphatic heterocycles. The number of nitrogens with zero attached hydrogens (tertiary/aromatic N) is 4. The number of ether oxygens (including phenoxy) is 2. The molecular formula is C18H21N5O5. The number of carbonyl (C=O) groups excluding carboxylic acids is 1. The number of benzene rings is 1. The van der Waals surface area contributed by atoms with Crippen molar-refractivity contribution in [3.8, 4) is 11.5 Å². The molecule has 0 spiro atoms. The predicted molar refractivity (Wildman–Crippen MR) is 103 cm³/mol. The summed E-state index contributed by atoms with van der Waals surface area (Å²) in [6.45, 7) is 1.69. The molecule has 0 bridgehead atoms. The van der Waals surface area contributed by atoms with Crippen LogP contribution >= 0.6 is 0 Å². The predicted octanol–water partition coefficient (Wildman–Crippen LogP) is 0.398. The van der Waals surface area contributed by atoms with Gasteiger partial charge < -0.3 is 19.4 Å². The van der Waals surface area contributed by atoms with Gasteiger partial charge in [0.25, 0.3) is 5.56 Å². The maximum atomic E-state index is 12.6. The zero-order chi connectivity index (χ0) is 20.6. The van der Waals surface area contributed by atoms with E-state index in [1.54, 1.807) is 12.1 Å². The molecule has 0 aliphatic rings. The van der Waals surface area contributed by atoms with Gasteiger partial charge in [-0.1, -0.05) is 0 Å². The van der Waals surface area contributed by atoms with Crippen molar-refractivity contribution in [2.24, 2.45) is 14.1 Å². The Morgan fingerprint density at radius 2 is 1.75 bits per heavy atom. The Morgan fingerprint density at radius 3 is 2.39 bits per heavy atom. The molecule has 0 atom stereocenters. The largest absolute Gasteiger partial charge is 0.493 e. The van der Waals surface area contributed by atoms with Crippen LogP contribution in [0, 0.1) is 6.92 Å². The lowest BCUT2D eigenvalue weighted by Gasteiger charge is -2.14. The summed E-state index contributed by atoms with van der Waals surface area (Å²) < 4.78 is 14.2. The number of methoxy groups -OCH3 is 2. The van der Waals surface area contributed by atoms with E-state index >= 15 is 0 Å². The molecule has 148 valence electrons. The maximum absolute atomic E-state index is 12.6. The van der Waals surface area contributed by atoms with Crippen LogP contribution < -0.4 is 26.0 Å². The van der Waals surface area contributed by atoms with Crippen molar-refractivity contribution < 1.29 is 14.3 Å². The third kappa shape index (κ3) is 3.13. The fourth-order valence-corrected chi connectivity index (χ4v) is 2.98. The minimum atomic E-state index is -0.509. The summed E-state index contributed by atoms with van der Waals surface area (Å²) in [5.41, 5.74) is 0.776. The van der Waals surface area contributed by atoms with Crippen molar-refractivity contribution in [3.05, 3.63) is 44.9 Å². The lowest BCUT2D eigenvalue weighted by atomic mass is 10.1. The number of hydrogen-bond donors (Lipinski definition) is 1. The van der Waals surface area contributed by atoms with Gasteiger partial charge in [-0.3, -0.25) is 18.7 Å². The molecule has 1 aromatic carbocycles.